The van der Waals surface area contributed by atoms with E-state index in [0.717, 1.165) is 16.8 Å². The zero-order valence-electron chi connectivity index (χ0n) is 7.34. The van der Waals surface area contributed by atoms with E-state index >= 15 is 0 Å². The maximum absolute atomic E-state index is 12.8. The highest BCUT2D eigenvalue weighted by atomic mass is 19.1. The molecule has 0 aliphatic heterocycles. The summed E-state index contributed by atoms with van der Waals surface area (Å²) >= 11 is 0. The summed E-state index contributed by atoms with van der Waals surface area (Å²) in [6, 6.07) is 8.55. The maximum atomic E-state index is 12.8. The molecule has 0 aliphatic carbocycles. The van der Waals surface area contributed by atoms with Crippen LogP contribution in [-0.2, 0) is 0 Å². The fourth-order valence-corrected chi connectivity index (χ4v) is 1.33. The molecule has 2 heteroatoms. The van der Waals surface area contributed by atoms with Gasteiger partial charge in [-0.05, 0) is 30.7 Å². The fraction of sp³-hybridized carbons (Fsp3) is 0.0909. The van der Waals surface area contributed by atoms with Gasteiger partial charge in [-0.1, -0.05) is 12.1 Å². The van der Waals surface area contributed by atoms with Crippen LogP contribution in [0.3, 0.4) is 0 Å². The minimum atomic E-state index is -0.204. The molecule has 0 aliphatic rings. The minimum Gasteiger partial charge on any atom is -0.361 e. The molecule has 1 nitrogen and oxygen atoms in total. The predicted octanol–water partition coefficient (Wildman–Crippen LogP) is 3.13. The van der Waals surface area contributed by atoms with Crippen LogP contribution in [0.25, 0.3) is 11.3 Å². The zero-order chi connectivity index (χ0) is 9.26. The number of hydrogen-bond donors (Lipinski definition) is 1. The van der Waals surface area contributed by atoms with E-state index in [4.69, 9.17) is 0 Å². The van der Waals surface area contributed by atoms with Crippen LogP contribution in [-0.4, -0.2) is 4.98 Å². The van der Waals surface area contributed by atoms with Crippen molar-refractivity contribution in [2.45, 2.75) is 6.92 Å². The van der Waals surface area contributed by atoms with Gasteiger partial charge in [-0.15, -0.1) is 0 Å². The van der Waals surface area contributed by atoms with Crippen molar-refractivity contribution in [1.82, 2.24) is 4.98 Å². The maximum Gasteiger partial charge on any atom is 0.123 e. The third kappa shape index (κ3) is 1.61. The lowest BCUT2D eigenvalue weighted by molar-refractivity contribution is 0.628. The van der Waals surface area contributed by atoms with Crippen LogP contribution in [0.15, 0.2) is 36.5 Å². The number of nitrogens with one attached hydrogen (secondary N) is 1. The highest BCUT2D eigenvalue weighted by molar-refractivity contribution is 5.60. The van der Waals surface area contributed by atoms with Crippen molar-refractivity contribution < 1.29 is 4.39 Å². The normalized spacial score (nSPS) is 10.3. The summed E-state index contributed by atoms with van der Waals surface area (Å²) in [5, 5.41) is 0. The standard InChI is InChI=1S/C11H10FN/c1-8-5-11(13-7-8)9-3-2-4-10(12)6-9/h2-7,13H,1H3. The Hall–Kier alpha value is -1.57. The first-order valence-corrected chi connectivity index (χ1v) is 4.17. The third-order valence-corrected chi connectivity index (χ3v) is 1.96. The Morgan fingerprint density at radius 1 is 1.23 bits per heavy atom. The Kier molecular flexibility index (Phi) is 1.89. The molecule has 1 N–H and O–H groups in total. The van der Waals surface area contributed by atoms with Gasteiger partial charge < -0.3 is 4.98 Å². The van der Waals surface area contributed by atoms with Gasteiger partial charge in [-0.2, -0.15) is 0 Å². The van der Waals surface area contributed by atoms with E-state index in [-0.39, 0.29) is 5.82 Å². The number of hydrogen-bond acceptors (Lipinski definition) is 0. The number of aromatic amines is 1. The summed E-state index contributed by atoms with van der Waals surface area (Å²) in [6.45, 7) is 2.00. The molecular formula is C11H10FN. The Morgan fingerprint density at radius 3 is 2.69 bits per heavy atom. The van der Waals surface area contributed by atoms with Gasteiger partial charge in [0.05, 0.1) is 0 Å². The average Bonchev–Trinajstić information content (AvgIpc) is 2.52. The van der Waals surface area contributed by atoms with Crippen LogP contribution >= 0.6 is 0 Å². The predicted molar refractivity (Wildman–Crippen MR) is 50.9 cm³/mol. The first-order chi connectivity index (χ1) is 6.25. The van der Waals surface area contributed by atoms with Gasteiger partial charge in [0.25, 0.3) is 0 Å². The molecule has 0 bridgehead atoms. The van der Waals surface area contributed by atoms with Crippen molar-refractivity contribution in [3.63, 3.8) is 0 Å². The van der Waals surface area contributed by atoms with Gasteiger partial charge in [-0.25, -0.2) is 4.39 Å². The molecule has 0 spiro atoms. The molecular weight excluding hydrogens is 165 g/mol. The van der Waals surface area contributed by atoms with Crippen LogP contribution in [0.2, 0.25) is 0 Å². The van der Waals surface area contributed by atoms with Gasteiger partial charge in [0, 0.05) is 17.5 Å². The molecule has 13 heavy (non-hydrogen) atoms. The lowest BCUT2D eigenvalue weighted by atomic mass is 10.1. The second kappa shape index (κ2) is 3.05. The van der Waals surface area contributed by atoms with Crippen molar-refractivity contribution in [2.24, 2.45) is 0 Å². The molecule has 0 amide bonds. The van der Waals surface area contributed by atoms with E-state index in [1.54, 1.807) is 6.07 Å². The number of aryl methyl sites for hydroxylation is 1. The molecule has 2 aromatic rings. The average molecular weight is 175 g/mol. The molecule has 2 rings (SSSR count). The van der Waals surface area contributed by atoms with E-state index in [2.05, 4.69) is 4.98 Å². The Balaban J connectivity index is 2.46. The number of H-pyrrole nitrogens is 1. The van der Waals surface area contributed by atoms with Gasteiger partial charge in [-0.3, -0.25) is 0 Å². The molecule has 66 valence electrons. The van der Waals surface area contributed by atoms with E-state index in [0.29, 0.717) is 0 Å². The number of rotatable bonds is 1. The monoisotopic (exact) mass is 175 g/mol. The fourth-order valence-electron chi connectivity index (χ4n) is 1.33. The summed E-state index contributed by atoms with van der Waals surface area (Å²) in [6.07, 6.45) is 1.90. The lowest BCUT2D eigenvalue weighted by Crippen LogP contribution is -1.78. The van der Waals surface area contributed by atoms with Gasteiger partial charge in [0.15, 0.2) is 0 Å². The number of halogens is 1. The molecule has 0 fully saturated rings. The van der Waals surface area contributed by atoms with E-state index in [9.17, 15) is 4.39 Å². The summed E-state index contributed by atoms with van der Waals surface area (Å²) in [5.41, 5.74) is 2.99. The first kappa shape index (κ1) is 8.05. The highest BCUT2D eigenvalue weighted by Gasteiger charge is 1.99. The molecule has 0 atom stereocenters. The molecule has 0 saturated heterocycles. The largest absolute Gasteiger partial charge is 0.361 e. The molecule has 0 unspecified atom stereocenters. The van der Waals surface area contributed by atoms with Crippen LogP contribution in [0.4, 0.5) is 4.39 Å². The van der Waals surface area contributed by atoms with Gasteiger partial charge in [0.1, 0.15) is 5.82 Å². The first-order valence-electron chi connectivity index (χ1n) is 4.17. The molecule has 0 radical (unpaired) electrons. The van der Waals surface area contributed by atoms with Crippen molar-refractivity contribution in [2.75, 3.05) is 0 Å². The van der Waals surface area contributed by atoms with Crippen molar-refractivity contribution in [3.05, 3.63) is 47.9 Å². The summed E-state index contributed by atoms with van der Waals surface area (Å²) < 4.78 is 12.8. The third-order valence-electron chi connectivity index (χ3n) is 1.96. The Labute approximate surface area is 76.2 Å². The second-order valence-corrected chi connectivity index (χ2v) is 3.10. The van der Waals surface area contributed by atoms with Crippen LogP contribution in [0.1, 0.15) is 5.56 Å². The number of aromatic nitrogens is 1. The Bertz CT molecular complexity index is 418. The summed E-state index contributed by atoms with van der Waals surface area (Å²) in [5.74, 6) is -0.204. The smallest absolute Gasteiger partial charge is 0.123 e. The quantitative estimate of drug-likeness (QED) is 0.685. The minimum absolute atomic E-state index is 0.204. The lowest BCUT2D eigenvalue weighted by Gasteiger charge is -1.96. The summed E-state index contributed by atoms with van der Waals surface area (Å²) in [4.78, 5) is 3.08. The molecule has 1 aromatic carbocycles. The second-order valence-electron chi connectivity index (χ2n) is 3.10. The van der Waals surface area contributed by atoms with Gasteiger partial charge >= 0.3 is 0 Å². The van der Waals surface area contributed by atoms with E-state index in [1.807, 2.05) is 25.3 Å². The molecule has 0 saturated carbocycles. The zero-order valence-corrected chi connectivity index (χ0v) is 7.34. The van der Waals surface area contributed by atoms with Crippen LogP contribution in [0, 0.1) is 12.7 Å². The Morgan fingerprint density at radius 2 is 2.08 bits per heavy atom. The van der Waals surface area contributed by atoms with Gasteiger partial charge in [0.2, 0.25) is 0 Å². The number of benzene rings is 1. The van der Waals surface area contributed by atoms with Crippen molar-refractivity contribution in [1.29, 1.82) is 0 Å². The van der Waals surface area contributed by atoms with E-state index < -0.39 is 0 Å². The topological polar surface area (TPSA) is 15.8 Å². The van der Waals surface area contributed by atoms with Crippen LogP contribution in [0.5, 0.6) is 0 Å². The van der Waals surface area contributed by atoms with Crippen LogP contribution < -0.4 is 0 Å². The highest BCUT2D eigenvalue weighted by Crippen LogP contribution is 2.19. The van der Waals surface area contributed by atoms with E-state index in [1.165, 1.54) is 12.1 Å². The van der Waals surface area contributed by atoms with Crippen molar-refractivity contribution >= 4 is 0 Å². The molecule has 1 aromatic heterocycles. The molecule has 1 heterocycles. The van der Waals surface area contributed by atoms with Crippen molar-refractivity contribution in [3.8, 4) is 11.3 Å². The summed E-state index contributed by atoms with van der Waals surface area (Å²) in [7, 11) is 0. The SMILES string of the molecule is Cc1c[nH]c(-c2cccc(F)c2)c1.